The van der Waals surface area contributed by atoms with Gasteiger partial charge >= 0.3 is 12.1 Å². The lowest BCUT2D eigenvalue weighted by atomic mass is 10.0. The molecule has 0 N–H and O–H groups in total. The lowest BCUT2D eigenvalue weighted by molar-refractivity contribution is -0.386. The van der Waals surface area contributed by atoms with Crippen LogP contribution in [-0.4, -0.2) is 18.0 Å². The van der Waals surface area contributed by atoms with Gasteiger partial charge in [-0.15, -0.1) is 0 Å². The number of ether oxygens (including phenoxy) is 1. The number of hydrogen-bond acceptors (Lipinski definition) is 4. The minimum Gasteiger partial charge on any atom is -0.467 e. The number of carbonyl (C=O) groups is 1. The molecule has 0 aliphatic rings. The van der Waals surface area contributed by atoms with Crippen molar-refractivity contribution in [3.63, 3.8) is 0 Å². The summed E-state index contributed by atoms with van der Waals surface area (Å²) in [5.41, 5.74) is -3.22. The largest absolute Gasteiger partial charge is 0.467 e. The Hall–Kier alpha value is -2.19. The molecule has 0 aliphatic heterocycles. The van der Waals surface area contributed by atoms with Crippen LogP contribution in [-0.2, 0) is 15.7 Å². The molecule has 0 radical (unpaired) electrons. The van der Waals surface area contributed by atoms with Gasteiger partial charge in [-0.25, -0.2) is 9.18 Å². The average Bonchev–Trinajstić information content (AvgIpc) is 2.35. The van der Waals surface area contributed by atoms with E-state index in [-0.39, 0.29) is 6.07 Å². The molecule has 0 unspecified atom stereocenters. The molecule has 104 valence electrons. The molecular weight excluding hydrogens is 274 g/mol. The van der Waals surface area contributed by atoms with Gasteiger partial charge in [0.25, 0.3) is 5.69 Å². The van der Waals surface area contributed by atoms with Crippen LogP contribution in [0.5, 0.6) is 0 Å². The van der Waals surface area contributed by atoms with Gasteiger partial charge in [0.05, 0.1) is 23.2 Å². The Morgan fingerprint density at radius 1 is 1.42 bits per heavy atom. The third kappa shape index (κ3) is 3.18. The van der Waals surface area contributed by atoms with E-state index < -0.39 is 40.1 Å². The van der Waals surface area contributed by atoms with Crippen LogP contribution >= 0.6 is 0 Å². The van der Waals surface area contributed by atoms with Gasteiger partial charge in [-0.1, -0.05) is 0 Å². The Morgan fingerprint density at radius 3 is 2.42 bits per heavy atom. The minimum atomic E-state index is -4.81. The number of methoxy groups -OCH3 is 1. The molecular formula is C10H7F4NO4. The molecule has 1 rings (SSSR count). The fourth-order valence-corrected chi connectivity index (χ4v) is 1.32. The summed E-state index contributed by atoms with van der Waals surface area (Å²) in [6.45, 7) is 0. The predicted octanol–water partition coefficient (Wildman–Crippen LogP) is 2.80. The summed E-state index contributed by atoms with van der Waals surface area (Å²) in [7, 11) is 0.852. The number of nitro benzene ring substituents is 1. The number of alkyl halides is 4. The number of hydrogen-bond donors (Lipinski definition) is 0. The Labute approximate surface area is 103 Å². The standard InChI is InChI=1S/C10H7F4NO4/c1-19-9(16)8(11)6-3-2-5(10(12,13)14)4-7(6)15(17)18/h2-4,8H,1H3/t8-/m1/s1. The van der Waals surface area contributed by atoms with Crippen LogP contribution in [0.3, 0.4) is 0 Å². The Bertz CT molecular complexity index is 515. The van der Waals surface area contributed by atoms with Crippen molar-refractivity contribution >= 4 is 11.7 Å². The Kier molecular flexibility index (Phi) is 4.07. The van der Waals surface area contributed by atoms with Gasteiger partial charge in [-0.3, -0.25) is 10.1 Å². The van der Waals surface area contributed by atoms with Gasteiger partial charge in [-0.05, 0) is 12.1 Å². The van der Waals surface area contributed by atoms with Crippen LogP contribution in [0.15, 0.2) is 18.2 Å². The molecule has 0 fully saturated rings. The highest BCUT2D eigenvalue weighted by atomic mass is 19.4. The number of benzene rings is 1. The fourth-order valence-electron chi connectivity index (χ4n) is 1.32. The number of carbonyl (C=O) groups excluding carboxylic acids is 1. The van der Waals surface area contributed by atoms with E-state index in [0.717, 1.165) is 7.11 Å². The molecule has 0 bridgehead atoms. The van der Waals surface area contributed by atoms with Gasteiger partial charge in [-0.2, -0.15) is 13.2 Å². The first-order valence-electron chi connectivity index (χ1n) is 4.76. The van der Waals surface area contributed by atoms with Crippen LogP contribution < -0.4 is 0 Å². The van der Waals surface area contributed by atoms with Gasteiger partial charge in [0, 0.05) is 6.07 Å². The van der Waals surface area contributed by atoms with E-state index >= 15 is 0 Å². The van der Waals surface area contributed by atoms with Crippen LogP contribution in [0.25, 0.3) is 0 Å². The molecule has 1 atom stereocenters. The summed E-state index contributed by atoms with van der Waals surface area (Å²) in [6, 6.07) is 1.17. The van der Waals surface area contributed by atoms with Crippen LogP contribution in [0, 0.1) is 10.1 Å². The maximum atomic E-state index is 13.5. The highest BCUT2D eigenvalue weighted by Crippen LogP contribution is 2.36. The Balaban J connectivity index is 3.35. The van der Waals surface area contributed by atoms with Crippen molar-refractivity contribution in [2.75, 3.05) is 7.11 Å². The Morgan fingerprint density at radius 2 is 2.00 bits per heavy atom. The van der Waals surface area contributed by atoms with Crippen molar-refractivity contribution in [2.45, 2.75) is 12.3 Å². The van der Waals surface area contributed by atoms with Crippen molar-refractivity contribution in [2.24, 2.45) is 0 Å². The normalized spacial score (nSPS) is 12.9. The average molecular weight is 281 g/mol. The summed E-state index contributed by atoms with van der Waals surface area (Å²) in [4.78, 5) is 20.4. The third-order valence-corrected chi connectivity index (χ3v) is 2.24. The van der Waals surface area contributed by atoms with Gasteiger partial charge in [0.15, 0.2) is 0 Å². The van der Waals surface area contributed by atoms with E-state index in [9.17, 15) is 32.5 Å². The van der Waals surface area contributed by atoms with E-state index in [4.69, 9.17) is 0 Å². The molecule has 0 spiro atoms. The highest BCUT2D eigenvalue weighted by Gasteiger charge is 2.35. The van der Waals surface area contributed by atoms with E-state index in [2.05, 4.69) is 4.74 Å². The zero-order valence-electron chi connectivity index (χ0n) is 9.40. The van der Waals surface area contributed by atoms with Gasteiger partial charge in [0.2, 0.25) is 6.17 Å². The molecule has 9 heteroatoms. The molecule has 1 aromatic rings. The van der Waals surface area contributed by atoms with Crippen LogP contribution in [0.4, 0.5) is 23.2 Å². The molecule has 0 aromatic heterocycles. The lowest BCUT2D eigenvalue weighted by Crippen LogP contribution is -2.13. The van der Waals surface area contributed by atoms with Crippen molar-refractivity contribution in [1.29, 1.82) is 0 Å². The minimum absolute atomic E-state index is 0.171. The first-order valence-corrected chi connectivity index (χ1v) is 4.76. The molecule has 1 aromatic carbocycles. The predicted molar refractivity (Wildman–Crippen MR) is 54.0 cm³/mol. The van der Waals surface area contributed by atoms with E-state index in [1.165, 1.54) is 0 Å². The second-order valence-electron chi connectivity index (χ2n) is 3.41. The number of nitro groups is 1. The monoisotopic (exact) mass is 281 g/mol. The van der Waals surface area contributed by atoms with E-state index in [1.807, 2.05) is 0 Å². The second-order valence-corrected chi connectivity index (χ2v) is 3.41. The lowest BCUT2D eigenvalue weighted by Gasteiger charge is -2.10. The van der Waals surface area contributed by atoms with Crippen molar-refractivity contribution in [1.82, 2.24) is 0 Å². The SMILES string of the molecule is COC(=O)[C@H](F)c1ccc(C(F)(F)F)cc1[N+](=O)[O-]. The summed E-state index contributed by atoms with van der Waals surface area (Å²) < 4.78 is 54.7. The van der Waals surface area contributed by atoms with E-state index in [0.29, 0.717) is 12.1 Å². The van der Waals surface area contributed by atoms with Crippen LogP contribution in [0.1, 0.15) is 17.3 Å². The van der Waals surface area contributed by atoms with Gasteiger partial charge in [0.1, 0.15) is 0 Å². The maximum Gasteiger partial charge on any atom is 0.416 e. The first-order chi connectivity index (χ1) is 8.68. The summed E-state index contributed by atoms with van der Waals surface area (Å²) in [5.74, 6) is -1.43. The van der Waals surface area contributed by atoms with Crippen molar-refractivity contribution < 1.29 is 32.0 Å². The molecule has 5 nitrogen and oxygen atoms in total. The second kappa shape index (κ2) is 5.21. The summed E-state index contributed by atoms with van der Waals surface area (Å²) in [5, 5.41) is 10.6. The maximum absolute atomic E-state index is 13.5. The molecule has 19 heavy (non-hydrogen) atoms. The summed E-state index contributed by atoms with van der Waals surface area (Å²) in [6.07, 6.45) is -7.33. The fraction of sp³-hybridized carbons (Fsp3) is 0.300. The molecule has 0 saturated heterocycles. The highest BCUT2D eigenvalue weighted by molar-refractivity contribution is 5.78. The number of rotatable bonds is 3. The number of nitrogens with zero attached hydrogens (tertiary/aromatic N) is 1. The van der Waals surface area contributed by atoms with Gasteiger partial charge < -0.3 is 4.74 Å². The smallest absolute Gasteiger partial charge is 0.416 e. The van der Waals surface area contributed by atoms with Crippen molar-refractivity contribution in [3.8, 4) is 0 Å². The summed E-state index contributed by atoms with van der Waals surface area (Å²) >= 11 is 0. The molecule has 0 aliphatic carbocycles. The number of halogens is 4. The molecule has 0 saturated carbocycles. The quantitative estimate of drug-likeness (QED) is 0.370. The third-order valence-electron chi connectivity index (χ3n) is 2.24. The van der Waals surface area contributed by atoms with Crippen molar-refractivity contribution in [3.05, 3.63) is 39.4 Å². The topological polar surface area (TPSA) is 69.4 Å². The van der Waals surface area contributed by atoms with E-state index in [1.54, 1.807) is 0 Å². The zero-order valence-corrected chi connectivity index (χ0v) is 9.40. The first kappa shape index (κ1) is 14.9. The molecule has 0 amide bonds. The molecule has 0 heterocycles. The zero-order chi connectivity index (χ0) is 14.8. The number of esters is 1. The van der Waals surface area contributed by atoms with Crippen LogP contribution in [0.2, 0.25) is 0 Å².